The number of benzene rings is 2. The van der Waals surface area contributed by atoms with E-state index in [1.54, 1.807) is 31.4 Å². The lowest BCUT2D eigenvalue weighted by Gasteiger charge is -2.07. The molecule has 0 heterocycles. The number of ether oxygens (including phenoxy) is 3. The lowest BCUT2D eigenvalue weighted by atomic mass is 10.1. The van der Waals surface area contributed by atoms with Crippen LogP contribution in [0.4, 0.5) is 0 Å². The molecule has 6 nitrogen and oxygen atoms in total. The molecule has 6 heteroatoms. The summed E-state index contributed by atoms with van der Waals surface area (Å²) < 4.78 is 15.3. The molecule has 1 amide bonds. The van der Waals surface area contributed by atoms with Gasteiger partial charge >= 0.3 is 5.97 Å². The SMILES string of the molecule is COc1ccc(C=CC(=O)OCC(=O)NCc2ccc(C)cc2)cc1OC. The van der Waals surface area contributed by atoms with Gasteiger partial charge in [0.15, 0.2) is 18.1 Å². The Hall–Kier alpha value is -3.28. The smallest absolute Gasteiger partial charge is 0.331 e. The highest BCUT2D eigenvalue weighted by molar-refractivity contribution is 5.89. The van der Waals surface area contributed by atoms with E-state index in [-0.39, 0.29) is 12.5 Å². The van der Waals surface area contributed by atoms with Crippen LogP contribution in [0.1, 0.15) is 16.7 Å². The molecule has 0 aliphatic carbocycles. The molecule has 0 aromatic heterocycles. The number of carbonyl (C=O) groups excluding carboxylic acids is 2. The zero-order valence-electron chi connectivity index (χ0n) is 15.7. The maximum Gasteiger partial charge on any atom is 0.331 e. The first-order chi connectivity index (χ1) is 13.0. The maximum absolute atomic E-state index is 11.8. The van der Waals surface area contributed by atoms with E-state index in [9.17, 15) is 9.59 Å². The van der Waals surface area contributed by atoms with Gasteiger partial charge in [0.1, 0.15) is 0 Å². The second kappa shape index (κ2) is 10.0. The average molecular weight is 369 g/mol. The summed E-state index contributed by atoms with van der Waals surface area (Å²) in [5.74, 6) is 0.199. The van der Waals surface area contributed by atoms with E-state index < -0.39 is 5.97 Å². The number of amides is 1. The molecule has 2 aromatic carbocycles. The van der Waals surface area contributed by atoms with E-state index in [1.807, 2.05) is 31.2 Å². The average Bonchev–Trinajstić information content (AvgIpc) is 2.69. The Kier molecular flexibility index (Phi) is 7.43. The first kappa shape index (κ1) is 20.0. The van der Waals surface area contributed by atoms with Gasteiger partial charge in [0.05, 0.1) is 14.2 Å². The van der Waals surface area contributed by atoms with Crippen molar-refractivity contribution in [2.75, 3.05) is 20.8 Å². The summed E-state index contributed by atoms with van der Waals surface area (Å²) in [6.45, 7) is 2.05. The number of aryl methyl sites for hydroxylation is 1. The minimum absolute atomic E-state index is 0.332. The molecule has 0 atom stereocenters. The fraction of sp³-hybridized carbons (Fsp3) is 0.238. The van der Waals surface area contributed by atoms with Gasteiger partial charge in [-0.3, -0.25) is 4.79 Å². The second-order valence-electron chi connectivity index (χ2n) is 5.82. The second-order valence-corrected chi connectivity index (χ2v) is 5.82. The van der Waals surface area contributed by atoms with Crippen molar-refractivity contribution >= 4 is 18.0 Å². The van der Waals surface area contributed by atoms with Crippen molar-refractivity contribution in [3.05, 3.63) is 65.2 Å². The molecule has 0 spiro atoms. The molecule has 1 N–H and O–H groups in total. The number of esters is 1. The van der Waals surface area contributed by atoms with E-state index in [4.69, 9.17) is 14.2 Å². The van der Waals surface area contributed by atoms with Crippen LogP contribution < -0.4 is 14.8 Å². The number of carbonyl (C=O) groups is 2. The molecule has 0 unspecified atom stereocenters. The van der Waals surface area contributed by atoms with Gasteiger partial charge in [0.2, 0.25) is 0 Å². The molecule has 2 rings (SSSR count). The molecule has 27 heavy (non-hydrogen) atoms. The zero-order valence-corrected chi connectivity index (χ0v) is 15.7. The summed E-state index contributed by atoms with van der Waals surface area (Å²) in [4.78, 5) is 23.5. The number of hydrogen-bond donors (Lipinski definition) is 1. The summed E-state index contributed by atoms with van der Waals surface area (Å²) in [6.07, 6.45) is 2.84. The van der Waals surface area contributed by atoms with Gasteiger partial charge in [-0.25, -0.2) is 4.79 Å². The first-order valence-corrected chi connectivity index (χ1v) is 8.41. The standard InChI is InChI=1S/C21H23NO5/c1-15-4-6-17(7-5-15)13-22-20(23)14-27-21(24)11-9-16-8-10-18(25-2)19(12-16)26-3/h4-12H,13-14H2,1-3H3,(H,22,23). The fourth-order valence-electron chi connectivity index (χ4n) is 2.26. The summed E-state index contributed by atoms with van der Waals surface area (Å²) >= 11 is 0. The number of rotatable bonds is 8. The molecule has 0 fully saturated rings. The van der Waals surface area contributed by atoms with Crippen LogP contribution in [-0.4, -0.2) is 32.7 Å². The highest BCUT2D eigenvalue weighted by Crippen LogP contribution is 2.27. The molecule has 0 radical (unpaired) electrons. The van der Waals surface area contributed by atoms with Crippen LogP contribution in [-0.2, 0) is 20.9 Å². The topological polar surface area (TPSA) is 73.9 Å². The van der Waals surface area contributed by atoms with E-state index in [0.717, 1.165) is 16.7 Å². The van der Waals surface area contributed by atoms with Gasteiger partial charge in [-0.15, -0.1) is 0 Å². The van der Waals surface area contributed by atoms with E-state index in [2.05, 4.69) is 5.32 Å². The number of methoxy groups -OCH3 is 2. The van der Waals surface area contributed by atoms with Gasteiger partial charge in [0, 0.05) is 12.6 Å². The lowest BCUT2D eigenvalue weighted by Crippen LogP contribution is -2.28. The molecule has 2 aromatic rings. The van der Waals surface area contributed by atoms with Gasteiger partial charge in [-0.05, 0) is 36.3 Å². The van der Waals surface area contributed by atoms with Crippen molar-refractivity contribution < 1.29 is 23.8 Å². The summed E-state index contributed by atoms with van der Waals surface area (Å²) in [5, 5.41) is 2.70. The molecule has 142 valence electrons. The minimum Gasteiger partial charge on any atom is -0.493 e. The predicted molar refractivity (Wildman–Crippen MR) is 103 cm³/mol. The minimum atomic E-state index is -0.602. The van der Waals surface area contributed by atoms with E-state index in [0.29, 0.717) is 18.0 Å². The lowest BCUT2D eigenvalue weighted by molar-refractivity contribution is -0.143. The molecule has 0 bridgehead atoms. The Morgan fingerprint density at radius 2 is 1.70 bits per heavy atom. The van der Waals surface area contributed by atoms with Crippen LogP contribution in [0, 0.1) is 6.92 Å². The zero-order chi connectivity index (χ0) is 19.6. The highest BCUT2D eigenvalue weighted by atomic mass is 16.5. The van der Waals surface area contributed by atoms with Crippen molar-refractivity contribution in [3.8, 4) is 11.5 Å². The molecular formula is C21H23NO5. The predicted octanol–water partition coefficient (Wildman–Crippen LogP) is 2.89. The third-order valence-corrected chi connectivity index (χ3v) is 3.78. The van der Waals surface area contributed by atoms with Crippen LogP contribution in [0.25, 0.3) is 6.08 Å². The molecule has 0 aliphatic rings. The Morgan fingerprint density at radius 3 is 2.37 bits per heavy atom. The van der Waals surface area contributed by atoms with E-state index in [1.165, 1.54) is 13.2 Å². The summed E-state index contributed by atoms with van der Waals surface area (Å²) in [6, 6.07) is 13.1. The third-order valence-electron chi connectivity index (χ3n) is 3.78. The normalized spacial score (nSPS) is 10.5. The van der Waals surface area contributed by atoms with E-state index >= 15 is 0 Å². The summed E-state index contributed by atoms with van der Waals surface area (Å²) in [5.41, 5.74) is 2.88. The molecule has 0 aliphatic heterocycles. The number of nitrogens with one attached hydrogen (secondary N) is 1. The Labute approximate surface area is 158 Å². The maximum atomic E-state index is 11.8. The monoisotopic (exact) mass is 369 g/mol. The fourth-order valence-corrected chi connectivity index (χ4v) is 2.26. The van der Waals surface area contributed by atoms with Crippen molar-refractivity contribution in [1.29, 1.82) is 0 Å². The molecular weight excluding hydrogens is 346 g/mol. The van der Waals surface area contributed by atoms with Gasteiger partial charge < -0.3 is 19.5 Å². The largest absolute Gasteiger partial charge is 0.493 e. The quantitative estimate of drug-likeness (QED) is 0.572. The van der Waals surface area contributed by atoms with Crippen LogP contribution in [0.3, 0.4) is 0 Å². The van der Waals surface area contributed by atoms with Crippen molar-refractivity contribution in [1.82, 2.24) is 5.32 Å². The Bertz CT molecular complexity index is 812. The first-order valence-electron chi connectivity index (χ1n) is 8.41. The van der Waals surface area contributed by atoms with Crippen LogP contribution in [0.2, 0.25) is 0 Å². The van der Waals surface area contributed by atoms with Gasteiger partial charge in [-0.1, -0.05) is 35.9 Å². The van der Waals surface area contributed by atoms with Crippen LogP contribution >= 0.6 is 0 Å². The molecule has 0 saturated carbocycles. The Morgan fingerprint density at radius 1 is 1.00 bits per heavy atom. The summed E-state index contributed by atoms with van der Waals surface area (Å²) in [7, 11) is 3.09. The van der Waals surface area contributed by atoms with Crippen molar-refractivity contribution in [3.63, 3.8) is 0 Å². The van der Waals surface area contributed by atoms with Crippen LogP contribution in [0.5, 0.6) is 11.5 Å². The van der Waals surface area contributed by atoms with Crippen molar-refractivity contribution in [2.45, 2.75) is 13.5 Å². The highest BCUT2D eigenvalue weighted by Gasteiger charge is 2.06. The van der Waals surface area contributed by atoms with Crippen molar-refractivity contribution in [2.24, 2.45) is 0 Å². The Balaban J connectivity index is 1.78. The van der Waals surface area contributed by atoms with Crippen LogP contribution in [0.15, 0.2) is 48.5 Å². The van der Waals surface area contributed by atoms with Gasteiger partial charge in [0.25, 0.3) is 5.91 Å². The molecule has 0 saturated heterocycles. The number of hydrogen-bond acceptors (Lipinski definition) is 5. The third kappa shape index (κ3) is 6.51. The van der Waals surface area contributed by atoms with Gasteiger partial charge in [-0.2, -0.15) is 0 Å².